The zero-order valence-electron chi connectivity index (χ0n) is 11.5. The Balaban J connectivity index is 2.20. The summed E-state index contributed by atoms with van der Waals surface area (Å²) in [4.78, 5) is 2.63. The fourth-order valence-corrected chi connectivity index (χ4v) is 5.41. The lowest BCUT2D eigenvalue weighted by molar-refractivity contribution is 0.154. The molecule has 0 bridgehead atoms. The highest BCUT2D eigenvalue weighted by molar-refractivity contribution is 9.11. The van der Waals surface area contributed by atoms with E-state index in [1.807, 2.05) is 0 Å². The number of rotatable bonds is 3. The summed E-state index contributed by atoms with van der Waals surface area (Å²) in [6.45, 7) is 6.92. The number of piperazine rings is 1. The number of hydrogen-bond donors (Lipinski definition) is 0. The van der Waals surface area contributed by atoms with Gasteiger partial charge in [-0.05, 0) is 48.0 Å². The normalized spacial score (nSPS) is 18.6. The van der Waals surface area contributed by atoms with Gasteiger partial charge in [0.15, 0.2) is 0 Å². The van der Waals surface area contributed by atoms with Crippen molar-refractivity contribution >= 4 is 41.9 Å². The third-order valence-electron chi connectivity index (χ3n) is 3.52. The first kappa shape index (κ1) is 16.4. The maximum atomic E-state index is 12.7. The van der Waals surface area contributed by atoms with Gasteiger partial charge >= 0.3 is 0 Å². The molecule has 0 atom stereocenters. The third kappa shape index (κ3) is 3.44. The molecule has 1 heterocycles. The fraction of sp³-hybridized carbons (Fsp3) is 0.538. The Morgan fingerprint density at radius 2 is 1.70 bits per heavy atom. The van der Waals surface area contributed by atoms with Crippen LogP contribution in [0.5, 0.6) is 0 Å². The standard InChI is InChI=1S/C13H18Br2N2O2S/c1-10(2)16-5-7-17(8-6-16)20(18,19)13-4-3-11(14)9-12(13)15/h3-4,9-10H,5-8H2,1-2H3. The highest BCUT2D eigenvalue weighted by Gasteiger charge is 2.30. The van der Waals surface area contributed by atoms with E-state index in [0.717, 1.165) is 17.6 Å². The van der Waals surface area contributed by atoms with Crippen LogP contribution in [0.3, 0.4) is 0 Å². The molecule has 0 saturated carbocycles. The monoisotopic (exact) mass is 424 g/mol. The molecule has 1 aromatic rings. The molecular weight excluding hydrogens is 408 g/mol. The van der Waals surface area contributed by atoms with Crippen molar-refractivity contribution in [2.24, 2.45) is 0 Å². The van der Waals surface area contributed by atoms with Crippen LogP contribution in [0.15, 0.2) is 32.0 Å². The minimum atomic E-state index is -3.42. The van der Waals surface area contributed by atoms with Gasteiger partial charge in [-0.2, -0.15) is 4.31 Å². The molecule has 1 aromatic carbocycles. The summed E-state index contributed by atoms with van der Waals surface area (Å²) in [5, 5.41) is 0. The van der Waals surface area contributed by atoms with Crippen LogP contribution in [0.1, 0.15) is 13.8 Å². The Labute approximate surface area is 137 Å². The van der Waals surface area contributed by atoms with Gasteiger partial charge in [0.05, 0.1) is 4.90 Å². The highest BCUT2D eigenvalue weighted by Crippen LogP contribution is 2.28. The van der Waals surface area contributed by atoms with Gasteiger partial charge in [0.25, 0.3) is 0 Å². The predicted molar refractivity (Wildman–Crippen MR) is 87.3 cm³/mol. The second kappa shape index (κ2) is 6.44. The van der Waals surface area contributed by atoms with Crippen molar-refractivity contribution in [1.82, 2.24) is 9.21 Å². The summed E-state index contributed by atoms with van der Waals surface area (Å²) in [7, 11) is -3.42. The summed E-state index contributed by atoms with van der Waals surface area (Å²) in [5.41, 5.74) is 0. The van der Waals surface area contributed by atoms with Gasteiger partial charge in [0, 0.05) is 41.2 Å². The Kier molecular flexibility index (Phi) is 5.29. The van der Waals surface area contributed by atoms with E-state index >= 15 is 0 Å². The minimum Gasteiger partial charge on any atom is -0.298 e. The van der Waals surface area contributed by atoms with E-state index in [1.165, 1.54) is 0 Å². The lowest BCUT2D eigenvalue weighted by Gasteiger charge is -2.36. The second-order valence-electron chi connectivity index (χ2n) is 5.11. The molecule has 0 aliphatic carbocycles. The van der Waals surface area contributed by atoms with E-state index < -0.39 is 10.0 Å². The summed E-state index contributed by atoms with van der Waals surface area (Å²) in [6, 6.07) is 5.61. The van der Waals surface area contributed by atoms with Crippen molar-refractivity contribution in [2.75, 3.05) is 26.2 Å². The van der Waals surface area contributed by atoms with E-state index in [1.54, 1.807) is 22.5 Å². The highest BCUT2D eigenvalue weighted by atomic mass is 79.9. The van der Waals surface area contributed by atoms with Crippen LogP contribution in [-0.2, 0) is 10.0 Å². The van der Waals surface area contributed by atoms with Gasteiger partial charge in [-0.25, -0.2) is 8.42 Å². The van der Waals surface area contributed by atoms with Crippen LogP contribution in [0.2, 0.25) is 0 Å². The van der Waals surface area contributed by atoms with Gasteiger partial charge in [0.2, 0.25) is 10.0 Å². The first-order valence-corrected chi connectivity index (χ1v) is 9.54. The van der Waals surface area contributed by atoms with Crippen LogP contribution in [0, 0.1) is 0 Å². The van der Waals surface area contributed by atoms with Crippen molar-refractivity contribution in [2.45, 2.75) is 24.8 Å². The number of benzene rings is 1. The summed E-state index contributed by atoms with van der Waals surface area (Å²) in [5.74, 6) is 0. The van der Waals surface area contributed by atoms with Gasteiger partial charge in [0.1, 0.15) is 0 Å². The van der Waals surface area contributed by atoms with Gasteiger partial charge in [-0.15, -0.1) is 0 Å². The molecule has 4 nitrogen and oxygen atoms in total. The van der Waals surface area contributed by atoms with E-state index in [0.29, 0.717) is 28.5 Å². The van der Waals surface area contributed by atoms with Crippen molar-refractivity contribution in [3.05, 3.63) is 27.1 Å². The Bertz CT molecular complexity index is 582. The molecule has 0 N–H and O–H groups in total. The molecule has 112 valence electrons. The molecule has 20 heavy (non-hydrogen) atoms. The van der Waals surface area contributed by atoms with E-state index in [9.17, 15) is 8.42 Å². The molecule has 1 aliphatic heterocycles. The lowest BCUT2D eigenvalue weighted by Crippen LogP contribution is -2.50. The first-order chi connectivity index (χ1) is 9.32. The minimum absolute atomic E-state index is 0.332. The zero-order valence-corrected chi connectivity index (χ0v) is 15.5. The Hall–Kier alpha value is 0.0500. The maximum Gasteiger partial charge on any atom is 0.244 e. The lowest BCUT2D eigenvalue weighted by atomic mass is 10.3. The molecule has 0 spiro atoms. The summed E-state index contributed by atoms with van der Waals surface area (Å²) < 4.78 is 28.3. The van der Waals surface area contributed by atoms with Crippen LogP contribution >= 0.6 is 31.9 Å². The van der Waals surface area contributed by atoms with Crippen molar-refractivity contribution in [3.63, 3.8) is 0 Å². The van der Waals surface area contributed by atoms with Gasteiger partial charge < -0.3 is 0 Å². The largest absolute Gasteiger partial charge is 0.298 e. The van der Waals surface area contributed by atoms with Crippen LogP contribution in [0.4, 0.5) is 0 Å². The molecule has 7 heteroatoms. The zero-order chi connectivity index (χ0) is 14.9. The molecular formula is C13H18Br2N2O2S. The molecule has 1 saturated heterocycles. The maximum absolute atomic E-state index is 12.7. The summed E-state index contributed by atoms with van der Waals surface area (Å²) in [6.07, 6.45) is 0. The van der Waals surface area contributed by atoms with Gasteiger partial charge in [-0.1, -0.05) is 15.9 Å². The summed E-state index contributed by atoms with van der Waals surface area (Å²) >= 11 is 6.68. The molecule has 0 amide bonds. The number of sulfonamides is 1. The van der Waals surface area contributed by atoms with E-state index in [-0.39, 0.29) is 0 Å². The quantitative estimate of drug-likeness (QED) is 0.747. The first-order valence-electron chi connectivity index (χ1n) is 6.51. The molecule has 1 fully saturated rings. The smallest absolute Gasteiger partial charge is 0.244 e. The van der Waals surface area contributed by atoms with E-state index in [4.69, 9.17) is 0 Å². The van der Waals surface area contributed by atoms with Crippen LogP contribution in [-0.4, -0.2) is 49.8 Å². The van der Waals surface area contributed by atoms with Crippen LogP contribution in [0.25, 0.3) is 0 Å². The van der Waals surface area contributed by atoms with E-state index in [2.05, 4.69) is 50.6 Å². The van der Waals surface area contributed by atoms with Crippen LogP contribution < -0.4 is 0 Å². The Morgan fingerprint density at radius 3 is 2.20 bits per heavy atom. The average Bonchev–Trinajstić information content (AvgIpc) is 2.38. The number of halogens is 2. The van der Waals surface area contributed by atoms with Crippen molar-refractivity contribution in [1.29, 1.82) is 0 Å². The molecule has 0 unspecified atom stereocenters. The number of hydrogen-bond acceptors (Lipinski definition) is 3. The SMILES string of the molecule is CC(C)N1CCN(S(=O)(=O)c2ccc(Br)cc2Br)CC1. The fourth-order valence-electron chi connectivity index (χ4n) is 2.28. The topological polar surface area (TPSA) is 40.6 Å². The third-order valence-corrected chi connectivity index (χ3v) is 6.88. The molecule has 0 radical (unpaired) electrons. The predicted octanol–water partition coefficient (Wildman–Crippen LogP) is 2.93. The average molecular weight is 426 g/mol. The van der Waals surface area contributed by atoms with Crippen molar-refractivity contribution < 1.29 is 8.42 Å². The molecule has 2 rings (SSSR count). The van der Waals surface area contributed by atoms with Crippen molar-refractivity contribution in [3.8, 4) is 0 Å². The second-order valence-corrected chi connectivity index (χ2v) is 8.78. The van der Waals surface area contributed by atoms with Gasteiger partial charge in [-0.3, -0.25) is 4.90 Å². The Morgan fingerprint density at radius 1 is 1.10 bits per heavy atom. The number of nitrogens with zero attached hydrogens (tertiary/aromatic N) is 2. The molecule has 1 aliphatic rings. The molecule has 0 aromatic heterocycles.